The lowest BCUT2D eigenvalue weighted by Crippen LogP contribution is -2.41. The van der Waals surface area contributed by atoms with Crippen molar-refractivity contribution in [2.24, 2.45) is 10.7 Å². The van der Waals surface area contributed by atoms with Gasteiger partial charge in [0.2, 0.25) is 5.91 Å². The molecule has 27 heavy (non-hydrogen) atoms. The van der Waals surface area contributed by atoms with Gasteiger partial charge < -0.3 is 16.0 Å². The second kappa shape index (κ2) is 7.47. The highest BCUT2D eigenvalue weighted by atomic mass is 32.1. The second-order valence-corrected chi connectivity index (χ2v) is 6.93. The highest BCUT2D eigenvalue weighted by molar-refractivity contribution is 7.07. The van der Waals surface area contributed by atoms with Gasteiger partial charge in [-0.25, -0.2) is 0 Å². The Hall–Kier alpha value is -3.38. The third kappa shape index (κ3) is 3.75. The minimum Gasteiger partial charge on any atom is -0.384 e. The third-order valence-electron chi connectivity index (χ3n) is 4.24. The van der Waals surface area contributed by atoms with Crippen molar-refractivity contribution in [2.75, 3.05) is 16.9 Å². The second-order valence-electron chi connectivity index (χ2n) is 6.03. The van der Waals surface area contributed by atoms with E-state index in [4.69, 9.17) is 5.73 Å². The van der Waals surface area contributed by atoms with Crippen LogP contribution in [-0.2, 0) is 4.79 Å². The van der Waals surface area contributed by atoms with Gasteiger partial charge in [-0.05, 0) is 47.4 Å². The number of amides is 1. The number of benzene rings is 2. The number of nitrogens with one attached hydrogen (secondary N) is 1. The Labute approximate surface area is 160 Å². The number of hydrogen-bond acceptors (Lipinski definition) is 5. The van der Waals surface area contributed by atoms with Crippen LogP contribution < -0.4 is 25.8 Å². The summed E-state index contributed by atoms with van der Waals surface area (Å²) in [4.78, 5) is 18.6. The van der Waals surface area contributed by atoms with Crippen LogP contribution in [0.3, 0.4) is 0 Å². The van der Waals surface area contributed by atoms with Gasteiger partial charge in [0.1, 0.15) is 17.2 Å². The molecular weight excluding hydrogens is 356 g/mol. The zero-order valence-corrected chi connectivity index (χ0v) is 15.3. The molecule has 0 atom stereocenters. The normalized spacial score (nSPS) is 13.3. The van der Waals surface area contributed by atoms with Gasteiger partial charge in [-0.2, -0.15) is 0 Å². The summed E-state index contributed by atoms with van der Waals surface area (Å²) in [6, 6.07) is 19.3. The van der Waals surface area contributed by atoms with Crippen molar-refractivity contribution in [3.05, 3.63) is 87.6 Å². The number of fused-ring (bicyclic) bond motifs is 1. The Kier molecular flexibility index (Phi) is 4.72. The molecule has 1 aromatic heterocycles. The van der Waals surface area contributed by atoms with Crippen LogP contribution in [0.5, 0.6) is 0 Å². The zero-order valence-electron chi connectivity index (χ0n) is 14.5. The molecule has 5 nitrogen and oxygen atoms in total. The monoisotopic (exact) mass is 374 g/mol. The molecule has 3 aromatic rings. The molecule has 0 saturated heterocycles. The van der Waals surface area contributed by atoms with Crippen molar-refractivity contribution in [3.8, 4) is 0 Å². The number of nitrogens with zero attached hydrogens (tertiary/aromatic N) is 2. The van der Waals surface area contributed by atoms with E-state index < -0.39 is 0 Å². The highest BCUT2D eigenvalue weighted by Crippen LogP contribution is 2.21. The van der Waals surface area contributed by atoms with E-state index in [0.717, 1.165) is 26.8 Å². The predicted molar refractivity (Wildman–Crippen MR) is 111 cm³/mol. The average molecular weight is 374 g/mol. The fraction of sp³-hybridized carbons (Fsp3) is 0.0476. The van der Waals surface area contributed by atoms with Crippen LogP contribution in [0, 0.1) is 0 Å². The van der Waals surface area contributed by atoms with E-state index in [2.05, 4.69) is 10.3 Å². The first-order chi connectivity index (χ1) is 13.2. The average Bonchev–Trinajstić information content (AvgIpc) is 3.18. The van der Waals surface area contributed by atoms with Crippen molar-refractivity contribution < 1.29 is 4.79 Å². The maximum atomic E-state index is 12.1. The molecule has 6 heteroatoms. The molecule has 0 saturated carbocycles. The standard InChI is InChI=1S/C21H18N4OS/c22-20-18-12-13-27-21(18)23-14-25(20)17-9-7-16(8-10-17)24-19(26)11-6-15-4-2-1-3-5-15/h1-13H,14,22H2,(H,24,26)/b11-6+. The molecule has 0 bridgehead atoms. The van der Waals surface area contributed by atoms with Gasteiger partial charge in [0.15, 0.2) is 0 Å². The summed E-state index contributed by atoms with van der Waals surface area (Å²) < 4.78 is 0.970. The van der Waals surface area contributed by atoms with Gasteiger partial charge in [-0.1, -0.05) is 30.3 Å². The van der Waals surface area contributed by atoms with Crippen molar-refractivity contribution >= 4 is 40.5 Å². The SMILES string of the molecule is NC1=c2ccsc2=NCN1c1ccc(NC(=O)/C=C/c2ccccc2)cc1. The quantitative estimate of drug-likeness (QED) is 0.690. The summed E-state index contributed by atoms with van der Waals surface area (Å²) in [5.74, 6) is 0.525. The minimum atomic E-state index is -0.173. The van der Waals surface area contributed by atoms with E-state index in [0.29, 0.717) is 12.5 Å². The van der Waals surface area contributed by atoms with E-state index in [1.165, 1.54) is 6.08 Å². The van der Waals surface area contributed by atoms with Crippen LogP contribution in [0.2, 0.25) is 0 Å². The molecular formula is C21H18N4OS. The van der Waals surface area contributed by atoms with Crippen molar-refractivity contribution in [1.82, 2.24) is 0 Å². The molecule has 134 valence electrons. The van der Waals surface area contributed by atoms with Gasteiger partial charge in [0, 0.05) is 17.5 Å². The van der Waals surface area contributed by atoms with Gasteiger partial charge in [0.25, 0.3) is 0 Å². The number of nitrogens with two attached hydrogens (primary N) is 1. The number of rotatable bonds is 4. The largest absolute Gasteiger partial charge is 0.384 e. The summed E-state index contributed by atoms with van der Waals surface area (Å²) in [5, 5.41) is 5.82. The number of carbonyl (C=O) groups excluding carboxylic acids is 1. The van der Waals surface area contributed by atoms with Crippen LogP contribution in [-0.4, -0.2) is 12.6 Å². The molecule has 0 radical (unpaired) electrons. The van der Waals surface area contributed by atoms with E-state index in [-0.39, 0.29) is 5.91 Å². The Balaban J connectivity index is 1.45. The maximum Gasteiger partial charge on any atom is 0.248 e. The van der Waals surface area contributed by atoms with Gasteiger partial charge in [-0.3, -0.25) is 9.79 Å². The first kappa shape index (κ1) is 17.1. The van der Waals surface area contributed by atoms with Crippen molar-refractivity contribution in [2.45, 2.75) is 0 Å². The Morgan fingerprint density at radius 1 is 1.11 bits per heavy atom. The van der Waals surface area contributed by atoms with Crippen molar-refractivity contribution in [3.63, 3.8) is 0 Å². The Morgan fingerprint density at radius 3 is 2.67 bits per heavy atom. The fourth-order valence-corrected chi connectivity index (χ4v) is 3.61. The fourth-order valence-electron chi connectivity index (χ4n) is 2.84. The summed E-state index contributed by atoms with van der Waals surface area (Å²) in [5.41, 5.74) is 8.94. The van der Waals surface area contributed by atoms with Crippen molar-refractivity contribution in [1.29, 1.82) is 0 Å². The predicted octanol–water partition coefficient (Wildman–Crippen LogP) is 2.52. The summed E-state index contributed by atoms with van der Waals surface area (Å²) in [7, 11) is 0. The van der Waals surface area contributed by atoms with Crippen LogP contribution in [0.15, 0.2) is 77.1 Å². The zero-order chi connectivity index (χ0) is 18.6. The smallest absolute Gasteiger partial charge is 0.248 e. The molecule has 1 aliphatic rings. The molecule has 0 aliphatic carbocycles. The highest BCUT2D eigenvalue weighted by Gasteiger charge is 2.14. The van der Waals surface area contributed by atoms with Crippen LogP contribution in [0.4, 0.5) is 11.4 Å². The van der Waals surface area contributed by atoms with Gasteiger partial charge in [-0.15, -0.1) is 11.3 Å². The van der Waals surface area contributed by atoms with E-state index in [1.54, 1.807) is 17.4 Å². The van der Waals surface area contributed by atoms with E-state index in [1.807, 2.05) is 70.9 Å². The molecule has 0 fully saturated rings. The molecule has 3 N–H and O–H groups in total. The van der Waals surface area contributed by atoms with Gasteiger partial charge in [0.05, 0.1) is 5.22 Å². The first-order valence-corrected chi connectivity index (χ1v) is 9.38. The Bertz CT molecular complexity index is 1100. The van der Waals surface area contributed by atoms with Gasteiger partial charge >= 0.3 is 0 Å². The topological polar surface area (TPSA) is 70.7 Å². The number of thiophene rings is 1. The van der Waals surface area contributed by atoms with Crippen LogP contribution in [0.1, 0.15) is 5.56 Å². The van der Waals surface area contributed by atoms with Crippen LogP contribution >= 0.6 is 11.3 Å². The molecule has 1 aliphatic heterocycles. The molecule has 2 aromatic carbocycles. The summed E-state index contributed by atoms with van der Waals surface area (Å²) in [6.07, 6.45) is 3.31. The lowest BCUT2D eigenvalue weighted by molar-refractivity contribution is -0.111. The lowest BCUT2D eigenvalue weighted by atomic mass is 10.2. The number of hydrogen-bond donors (Lipinski definition) is 2. The summed E-state index contributed by atoms with van der Waals surface area (Å²) in [6.45, 7) is 0.491. The minimum absolute atomic E-state index is 0.173. The number of anilines is 2. The third-order valence-corrected chi connectivity index (χ3v) is 5.08. The molecule has 4 rings (SSSR count). The summed E-state index contributed by atoms with van der Waals surface area (Å²) >= 11 is 1.59. The molecule has 0 spiro atoms. The molecule has 2 heterocycles. The molecule has 1 amide bonds. The lowest BCUT2D eigenvalue weighted by Gasteiger charge is -2.24. The van der Waals surface area contributed by atoms with E-state index >= 15 is 0 Å². The first-order valence-electron chi connectivity index (χ1n) is 8.50. The van der Waals surface area contributed by atoms with Crippen LogP contribution in [0.25, 0.3) is 11.9 Å². The number of carbonyl (C=O) groups is 1. The van der Waals surface area contributed by atoms with E-state index in [9.17, 15) is 4.79 Å². The maximum absolute atomic E-state index is 12.1. The molecule has 0 unspecified atom stereocenters. The Morgan fingerprint density at radius 2 is 1.89 bits per heavy atom.